The van der Waals surface area contributed by atoms with Gasteiger partial charge in [-0.3, -0.25) is 14.7 Å². The van der Waals surface area contributed by atoms with E-state index in [4.69, 9.17) is 16.6 Å². The first-order valence-electron chi connectivity index (χ1n) is 10.7. The number of amidine groups is 1. The molecule has 0 atom stereocenters. The molecule has 2 heterocycles. The zero-order valence-corrected chi connectivity index (χ0v) is 20.5. The zero-order chi connectivity index (χ0) is 22.8. The minimum absolute atomic E-state index is 0.0102. The fraction of sp³-hybridized carbons (Fsp3) is 0.154. The third kappa shape index (κ3) is 4.69. The molecule has 2 aliphatic rings. The van der Waals surface area contributed by atoms with Crippen LogP contribution in [-0.4, -0.2) is 29.6 Å². The van der Waals surface area contributed by atoms with Crippen LogP contribution < -0.4 is 4.90 Å². The predicted octanol–water partition coefficient (Wildman–Crippen LogP) is 6.43. The van der Waals surface area contributed by atoms with Crippen molar-refractivity contribution < 1.29 is 4.79 Å². The SMILES string of the molecule is CN1C(=C2SC(=NCc3ccccc3)N(CCc3ccccc3)C2=O)Sc2ccc(Cl)cc21. The fourth-order valence-electron chi connectivity index (χ4n) is 3.80. The fourth-order valence-corrected chi connectivity index (χ4v) is 6.29. The number of carbonyl (C=O) groups excluding carboxylic acids is 1. The molecule has 0 unspecified atom stereocenters. The lowest BCUT2D eigenvalue weighted by Gasteiger charge is -2.17. The molecule has 4 nitrogen and oxygen atoms in total. The lowest BCUT2D eigenvalue weighted by molar-refractivity contribution is -0.122. The van der Waals surface area contributed by atoms with Gasteiger partial charge in [0.2, 0.25) is 0 Å². The van der Waals surface area contributed by atoms with Gasteiger partial charge in [-0.1, -0.05) is 84.0 Å². The number of nitrogens with zero attached hydrogens (tertiary/aromatic N) is 3. The molecule has 0 saturated carbocycles. The summed E-state index contributed by atoms with van der Waals surface area (Å²) in [7, 11) is 1.98. The average molecular weight is 492 g/mol. The first-order valence-corrected chi connectivity index (χ1v) is 12.7. The van der Waals surface area contributed by atoms with E-state index in [1.54, 1.807) is 11.8 Å². The van der Waals surface area contributed by atoms with E-state index < -0.39 is 0 Å². The predicted molar refractivity (Wildman–Crippen MR) is 140 cm³/mol. The highest BCUT2D eigenvalue weighted by Gasteiger charge is 2.38. The van der Waals surface area contributed by atoms with Gasteiger partial charge in [-0.25, -0.2) is 0 Å². The van der Waals surface area contributed by atoms with E-state index in [2.05, 4.69) is 29.2 Å². The summed E-state index contributed by atoms with van der Waals surface area (Å²) in [5, 5.41) is 2.37. The maximum absolute atomic E-state index is 13.6. The maximum Gasteiger partial charge on any atom is 0.269 e. The van der Waals surface area contributed by atoms with E-state index in [0.29, 0.717) is 18.1 Å². The molecule has 1 fully saturated rings. The van der Waals surface area contributed by atoms with Crippen molar-refractivity contribution in [3.05, 3.63) is 105 Å². The topological polar surface area (TPSA) is 35.9 Å². The van der Waals surface area contributed by atoms with E-state index in [9.17, 15) is 4.79 Å². The summed E-state index contributed by atoms with van der Waals surface area (Å²) < 4.78 is 0. The zero-order valence-electron chi connectivity index (χ0n) is 18.1. The molecule has 0 N–H and O–H groups in total. The van der Waals surface area contributed by atoms with Crippen LogP contribution in [0.5, 0.6) is 0 Å². The molecule has 3 aromatic rings. The lowest BCUT2D eigenvalue weighted by atomic mass is 10.1. The summed E-state index contributed by atoms with van der Waals surface area (Å²) in [5.41, 5.74) is 3.35. The molecule has 0 spiro atoms. The van der Waals surface area contributed by atoms with Crippen molar-refractivity contribution in [2.75, 3.05) is 18.5 Å². The van der Waals surface area contributed by atoms with Gasteiger partial charge in [-0.05, 0) is 47.5 Å². The summed E-state index contributed by atoms with van der Waals surface area (Å²) in [6.45, 7) is 1.13. The van der Waals surface area contributed by atoms with Gasteiger partial charge in [-0.2, -0.15) is 0 Å². The van der Waals surface area contributed by atoms with E-state index in [-0.39, 0.29) is 5.91 Å². The molecule has 166 valence electrons. The van der Waals surface area contributed by atoms with Crippen LogP contribution in [0.3, 0.4) is 0 Å². The quantitative estimate of drug-likeness (QED) is 0.385. The molecular formula is C26H22ClN3OS2. The second-order valence-electron chi connectivity index (χ2n) is 7.79. The van der Waals surface area contributed by atoms with Crippen LogP contribution in [-0.2, 0) is 17.8 Å². The molecule has 0 bridgehead atoms. The van der Waals surface area contributed by atoms with Crippen LogP contribution >= 0.6 is 35.1 Å². The Morgan fingerprint density at radius 2 is 1.61 bits per heavy atom. The van der Waals surface area contributed by atoms with E-state index >= 15 is 0 Å². The van der Waals surface area contributed by atoms with Gasteiger partial charge in [0.25, 0.3) is 5.91 Å². The third-order valence-electron chi connectivity index (χ3n) is 5.56. The number of aliphatic imine (C=N–C) groups is 1. The van der Waals surface area contributed by atoms with E-state index in [1.807, 2.05) is 66.5 Å². The molecule has 3 aromatic carbocycles. The standard InChI is InChI=1S/C26H22ClN3OS2/c1-29-21-16-20(27)12-13-22(21)32-25(29)23-24(31)30(15-14-18-8-4-2-5-9-18)26(33-23)28-17-19-10-6-3-7-11-19/h2-13,16H,14-15,17H2,1H3. The van der Waals surface area contributed by atoms with Crippen LogP contribution in [0.1, 0.15) is 11.1 Å². The second-order valence-corrected chi connectivity index (χ2v) is 10.2. The molecular weight excluding hydrogens is 470 g/mol. The first kappa shape index (κ1) is 22.1. The van der Waals surface area contributed by atoms with Crippen LogP contribution in [0.15, 0.2) is 98.7 Å². The van der Waals surface area contributed by atoms with E-state index in [0.717, 1.165) is 37.7 Å². The Hall–Kier alpha value is -2.67. The average Bonchev–Trinajstić information content (AvgIpc) is 3.33. The highest BCUT2D eigenvalue weighted by Crippen LogP contribution is 2.50. The van der Waals surface area contributed by atoms with Crippen LogP contribution in [0.4, 0.5) is 5.69 Å². The Morgan fingerprint density at radius 3 is 2.33 bits per heavy atom. The minimum atomic E-state index is 0.0102. The number of halogens is 1. The number of thioether (sulfide) groups is 2. The third-order valence-corrected chi connectivity index (χ3v) is 8.26. The van der Waals surface area contributed by atoms with Crippen molar-refractivity contribution in [2.45, 2.75) is 17.9 Å². The number of hydrogen-bond donors (Lipinski definition) is 0. The van der Waals surface area contributed by atoms with E-state index in [1.165, 1.54) is 17.3 Å². The van der Waals surface area contributed by atoms with Crippen molar-refractivity contribution in [1.29, 1.82) is 0 Å². The minimum Gasteiger partial charge on any atom is -0.337 e. The van der Waals surface area contributed by atoms with Crippen molar-refractivity contribution in [3.63, 3.8) is 0 Å². The lowest BCUT2D eigenvalue weighted by Crippen LogP contribution is -2.32. The Balaban J connectivity index is 1.45. The number of amides is 1. The van der Waals surface area contributed by atoms with Crippen LogP contribution in [0.2, 0.25) is 5.02 Å². The summed E-state index contributed by atoms with van der Waals surface area (Å²) in [4.78, 5) is 24.2. The molecule has 1 amide bonds. The van der Waals surface area contributed by atoms with Gasteiger partial charge >= 0.3 is 0 Å². The largest absolute Gasteiger partial charge is 0.337 e. The maximum atomic E-state index is 13.6. The number of fused-ring (bicyclic) bond motifs is 1. The smallest absolute Gasteiger partial charge is 0.269 e. The highest BCUT2D eigenvalue weighted by atomic mass is 35.5. The molecule has 0 aromatic heterocycles. The van der Waals surface area contributed by atoms with Crippen molar-refractivity contribution in [2.24, 2.45) is 4.99 Å². The molecule has 2 aliphatic heterocycles. The Bertz CT molecular complexity index is 1240. The number of benzene rings is 3. The molecule has 0 radical (unpaired) electrons. The van der Waals surface area contributed by atoms with Crippen LogP contribution in [0.25, 0.3) is 0 Å². The summed E-state index contributed by atoms with van der Waals surface area (Å²) in [6, 6.07) is 26.2. The van der Waals surface area contributed by atoms with Crippen LogP contribution in [0, 0.1) is 0 Å². The highest BCUT2D eigenvalue weighted by molar-refractivity contribution is 8.19. The summed E-state index contributed by atoms with van der Waals surface area (Å²) in [6.07, 6.45) is 0.777. The monoisotopic (exact) mass is 491 g/mol. The number of hydrogen-bond acceptors (Lipinski definition) is 5. The molecule has 5 rings (SSSR count). The van der Waals surface area contributed by atoms with Gasteiger partial charge in [-0.15, -0.1) is 0 Å². The number of rotatable bonds is 5. The molecule has 0 aliphatic carbocycles. The molecule has 1 saturated heterocycles. The molecule has 33 heavy (non-hydrogen) atoms. The number of anilines is 1. The second kappa shape index (κ2) is 9.67. The van der Waals surface area contributed by atoms with Crippen molar-refractivity contribution in [3.8, 4) is 0 Å². The Kier molecular flexibility index (Phi) is 6.49. The Labute approximate surface area is 207 Å². The van der Waals surface area contributed by atoms with Gasteiger partial charge in [0, 0.05) is 23.5 Å². The van der Waals surface area contributed by atoms with Crippen molar-refractivity contribution >= 4 is 51.9 Å². The van der Waals surface area contributed by atoms with Gasteiger partial charge in [0.1, 0.15) is 4.91 Å². The van der Waals surface area contributed by atoms with Gasteiger partial charge < -0.3 is 4.90 Å². The normalized spacial score (nSPS) is 19.0. The van der Waals surface area contributed by atoms with Crippen molar-refractivity contribution in [1.82, 2.24) is 4.90 Å². The van der Waals surface area contributed by atoms with Gasteiger partial charge in [0.15, 0.2) is 5.17 Å². The number of carbonyl (C=O) groups is 1. The summed E-state index contributed by atoms with van der Waals surface area (Å²) >= 11 is 9.30. The first-order chi connectivity index (χ1) is 16.1. The molecule has 7 heteroatoms. The Morgan fingerprint density at radius 1 is 0.909 bits per heavy atom. The van der Waals surface area contributed by atoms with Gasteiger partial charge in [0.05, 0.1) is 17.3 Å². The summed E-state index contributed by atoms with van der Waals surface area (Å²) in [5.74, 6) is 0.0102.